The lowest BCUT2D eigenvalue weighted by Gasteiger charge is -2.28. The second kappa shape index (κ2) is 45.1. The first-order valence-corrected chi connectivity index (χ1v) is 26.4. The fourth-order valence-electron chi connectivity index (χ4n) is 6.28. The van der Waals surface area contributed by atoms with Gasteiger partial charge in [0.25, 0.3) is 7.82 Å². The van der Waals surface area contributed by atoms with Crippen LogP contribution in [0.25, 0.3) is 0 Å². The second-order valence-electron chi connectivity index (χ2n) is 17.4. The molecular formula is C54H92NO8P. The van der Waals surface area contributed by atoms with E-state index in [4.69, 9.17) is 18.5 Å². The lowest BCUT2D eigenvalue weighted by Crippen LogP contribution is -2.37. The van der Waals surface area contributed by atoms with Gasteiger partial charge in [-0.15, -0.1) is 0 Å². The highest BCUT2D eigenvalue weighted by molar-refractivity contribution is 7.45. The lowest BCUT2D eigenvalue weighted by atomic mass is 10.1. The van der Waals surface area contributed by atoms with Gasteiger partial charge in [0.05, 0.1) is 27.7 Å². The Morgan fingerprint density at radius 1 is 0.484 bits per heavy atom. The van der Waals surface area contributed by atoms with Gasteiger partial charge >= 0.3 is 11.9 Å². The van der Waals surface area contributed by atoms with E-state index in [1.807, 2.05) is 21.1 Å². The van der Waals surface area contributed by atoms with Gasteiger partial charge in [-0.05, 0) is 89.9 Å². The van der Waals surface area contributed by atoms with Crippen molar-refractivity contribution in [3.63, 3.8) is 0 Å². The van der Waals surface area contributed by atoms with Gasteiger partial charge in [-0.25, -0.2) is 0 Å². The fourth-order valence-corrected chi connectivity index (χ4v) is 7.01. The van der Waals surface area contributed by atoms with Crippen molar-refractivity contribution in [1.29, 1.82) is 0 Å². The summed E-state index contributed by atoms with van der Waals surface area (Å²) in [6.45, 7) is 3.97. The van der Waals surface area contributed by atoms with E-state index in [9.17, 15) is 19.0 Å². The minimum Gasteiger partial charge on any atom is -0.756 e. The number of likely N-dealkylation sites (N-methyl/N-ethyl adjacent to an activating group) is 1. The molecule has 0 heterocycles. The number of ether oxygens (including phenoxy) is 2. The molecule has 2 atom stereocenters. The van der Waals surface area contributed by atoms with Crippen molar-refractivity contribution in [1.82, 2.24) is 0 Å². The summed E-state index contributed by atoms with van der Waals surface area (Å²) < 4.78 is 34.0. The Balaban J connectivity index is 4.33. The summed E-state index contributed by atoms with van der Waals surface area (Å²) >= 11 is 0. The third-order valence-electron chi connectivity index (χ3n) is 10.1. The molecule has 0 aromatic rings. The number of allylic oxidation sites excluding steroid dienone is 16. The van der Waals surface area contributed by atoms with Crippen LogP contribution in [-0.2, 0) is 32.7 Å². The van der Waals surface area contributed by atoms with Crippen molar-refractivity contribution >= 4 is 19.8 Å². The summed E-state index contributed by atoms with van der Waals surface area (Å²) in [5, 5.41) is 0. The molecule has 0 bridgehead atoms. The minimum atomic E-state index is -4.64. The van der Waals surface area contributed by atoms with E-state index in [0.717, 1.165) is 116 Å². The molecule has 0 radical (unpaired) electrons. The summed E-state index contributed by atoms with van der Waals surface area (Å²) in [6, 6.07) is 0. The predicted molar refractivity (Wildman–Crippen MR) is 268 cm³/mol. The van der Waals surface area contributed by atoms with Crippen molar-refractivity contribution in [2.24, 2.45) is 0 Å². The van der Waals surface area contributed by atoms with Crippen LogP contribution in [-0.4, -0.2) is 70.0 Å². The highest BCUT2D eigenvalue weighted by Crippen LogP contribution is 2.38. The maximum Gasteiger partial charge on any atom is 0.306 e. The van der Waals surface area contributed by atoms with Gasteiger partial charge in [0, 0.05) is 12.8 Å². The first-order valence-electron chi connectivity index (χ1n) is 24.9. The molecule has 0 aromatic carbocycles. The van der Waals surface area contributed by atoms with Gasteiger partial charge < -0.3 is 27.9 Å². The Hall–Kier alpha value is -3.07. The summed E-state index contributed by atoms with van der Waals surface area (Å²) in [6.07, 6.45) is 60.0. The van der Waals surface area contributed by atoms with E-state index in [0.29, 0.717) is 23.9 Å². The zero-order valence-electron chi connectivity index (χ0n) is 41.2. The monoisotopic (exact) mass is 914 g/mol. The maximum atomic E-state index is 12.7. The van der Waals surface area contributed by atoms with E-state index < -0.39 is 32.5 Å². The Bertz CT molecular complexity index is 1400. The van der Waals surface area contributed by atoms with Crippen molar-refractivity contribution < 1.29 is 42.1 Å². The first kappa shape index (κ1) is 60.9. The Labute approximate surface area is 392 Å². The molecule has 0 saturated carbocycles. The number of unbranched alkanes of at least 4 members (excludes halogenated alkanes) is 14. The van der Waals surface area contributed by atoms with Gasteiger partial charge in [-0.3, -0.25) is 14.2 Å². The van der Waals surface area contributed by atoms with Crippen LogP contribution >= 0.6 is 7.82 Å². The topological polar surface area (TPSA) is 111 Å². The van der Waals surface area contributed by atoms with Gasteiger partial charge in [-0.2, -0.15) is 0 Å². The van der Waals surface area contributed by atoms with Crippen LogP contribution in [0.1, 0.15) is 181 Å². The molecule has 0 rings (SSSR count). The normalized spacial score (nSPS) is 14.3. The van der Waals surface area contributed by atoms with Crippen LogP contribution in [0, 0.1) is 0 Å². The average Bonchev–Trinajstić information content (AvgIpc) is 3.25. The van der Waals surface area contributed by atoms with Gasteiger partial charge in [-0.1, -0.05) is 175 Å². The standard InChI is InChI=1S/C54H92NO8P/c1-6-8-10-12-14-16-18-20-22-24-26-27-29-31-33-35-37-39-41-43-45-47-54(57)63-52(51-62-64(58,59)61-49-48-55(3,4)5)50-60-53(56)46-44-42-40-38-36-34-32-30-28-25-23-21-19-17-15-13-11-9-7-2/h8-11,14-17,20-23,26-28,30,52H,6-7,12-13,18-19,24-25,29,31-51H2,1-5H3/b10-8-,11-9-,16-14-,17-15-,22-20-,23-21-,27-26-,30-28-. The van der Waals surface area contributed by atoms with Gasteiger partial charge in [0.15, 0.2) is 6.10 Å². The van der Waals surface area contributed by atoms with Crippen LogP contribution in [0.2, 0.25) is 0 Å². The molecule has 0 amide bonds. The van der Waals surface area contributed by atoms with E-state index in [2.05, 4.69) is 111 Å². The Morgan fingerprint density at radius 3 is 1.25 bits per heavy atom. The van der Waals surface area contributed by atoms with E-state index in [1.54, 1.807) is 0 Å². The zero-order chi connectivity index (χ0) is 47.1. The van der Waals surface area contributed by atoms with Crippen molar-refractivity contribution in [2.75, 3.05) is 47.5 Å². The third-order valence-corrected chi connectivity index (χ3v) is 11.1. The van der Waals surface area contributed by atoms with E-state index in [-0.39, 0.29) is 26.1 Å². The number of phosphoric acid groups is 1. The van der Waals surface area contributed by atoms with Crippen molar-refractivity contribution in [3.05, 3.63) is 97.2 Å². The van der Waals surface area contributed by atoms with Crippen molar-refractivity contribution in [3.8, 4) is 0 Å². The SMILES string of the molecule is CC/C=C\C/C=C\C/C=C\C/C=C\CCCCCCCCCCC(=O)OC(COC(=O)CCCCCCCC/C=C\C/C=C\C/C=C\C/C=C\CC)COP(=O)([O-])OCC[N+](C)(C)C. The fraction of sp³-hybridized carbons (Fsp3) is 0.667. The van der Waals surface area contributed by atoms with E-state index in [1.165, 1.54) is 25.7 Å². The molecular weight excluding hydrogens is 822 g/mol. The molecule has 0 aromatic heterocycles. The number of quaternary nitrogens is 1. The maximum absolute atomic E-state index is 12.7. The second-order valence-corrected chi connectivity index (χ2v) is 18.8. The van der Waals surface area contributed by atoms with Gasteiger partial charge in [0.2, 0.25) is 0 Å². The molecule has 0 aliphatic heterocycles. The van der Waals surface area contributed by atoms with Crippen molar-refractivity contribution in [2.45, 2.75) is 187 Å². The van der Waals surface area contributed by atoms with Crippen LogP contribution in [0.15, 0.2) is 97.2 Å². The molecule has 0 N–H and O–H groups in total. The number of carbonyl (C=O) groups is 2. The van der Waals surface area contributed by atoms with Crippen LogP contribution in [0.4, 0.5) is 0 Å². The Kier molecular flexibility index (Phi) is 42.9. The highest BCUT2D eigenvalue weighted by atomic mass is 31.2. The smallest absolute Gasteiger partial charge is 0.306 e. The average molecular weight is 914 g/mol. The molecule has 10 heteroatoms. The largest absolute Gasteiger partial charge is 0.756 e. The third kappa shape index (κ3) is 48.4. The molecule has 9 nitrogen and oxygen atoms in total. The summed E-state index contributed by atoms with van der Waals surface area (Å²) in [5.74, 6) is -0.867. The number of esters is 2. The molecule has 366 valence electrons. The van der Waals surface area contributed by atoms with Crippen LogP contribution in [0.5, 0.6) is 0 Å². The van der Waals surface area contributed by atoms with Crippen LogP contribution < -0.4 is 4.89 Å². The molecule has 0 aliphatic rings. The molecule has 0 saturated heterocycles. The van der Waals surface area contributed by atoms with Crippen LogP contribution in [0.3, 0.4) is 0 Å². The summed E-state index contributed by atoms with van der Waals surface area (Å²) in [5.41, 5.74) is 0. The number of nitrogens with zero attached hydrogens (tertiary/aromatic N) is 1. The zero-order valence-corrected chi connectivity index (χ0v) is 42.1. The Morgan fingerprint density at radius 2 is 0.844 bits per heavy atom. The number of carbonyl (C=O) groups excluding carboxylic acids is 2. The summed E-state index contributed by atoms with van der Waals surface area (Å²) in [4.78, 5) is 37.7. The number of rotatable bonds is 44. The number of hydrogen-bond acceptors (Lipinski definition) is 8. The highest BCUT2D eigenvalue weighted by Gasteiger charge is 2.21. The van der Waals surface area contributed by atoms with E-state index >= 15 is 0 Å². The lowest BCUT2D eigenvalue weighted by molar-refractivity contribution is -0.870. The first-order chi connectivity index (χ1) is 31.0. The minimum absolute atomic E-state index is 0.0406. The quantitative estimate of drug-likeness (QED) is 0.0195. The number of phosphoric ester groups is 1. The molecule has 64 heavy (non-hydrogen) atoms. The summed E-state index contributed by atoms with van der Waals surface area (Å²) in [7, 11) is 1.13. The number of hydrogen-bond donors (Lipinski definition) is 0. The molecule has 0 spiro atoms. The molecule has 0 aliphatic carbocycles. The molecule has 0 fully saturated rings. The predicted octanol–water partition coefficient (Wildman–Crippen LogP) is 14.3. The van der Waals surface area contributed by atoms with Gasteiger partial charge in [0.1, 0.15) is 19.8 Å². The molecule has 2 unspecified atom stereocenters.